The zero-order valence-electron chi connectivity index (χ0n) is 18.5. The molecule has 0 spiro atoms. The van der Waals surface area contributed by atoms with Gasteiger partial charge in [-0.3, -0.25) is 9.78 Å². The zero-order valence-corrected chi connectivity index (χ0v) is 18.5. The van der Waals surface area contributed by atoms with Crippen molar-refractivity contribution in [2.24, 2.45) is 0 Å². The van der Waals surface area contributed by atoms with Gasteiger partial charge in [0.1, 0.15) is 11.5 Å². The lowest BCUT2D eigenvalue weighted by Crippen LogP contribution is -2.10. The van der Waals surface area contributed by atoms with Crippen molar-refractivity contribution in [2.75, 3.05) is 20.8 Å². The number of nitrogens with zero attached hydrogens (tertiary/aromatic N) is 1. The summed E-state index contributed by atoms with van der Waals surface area (Å²) in [5.41, 5.74) is 5.66. The number of rotatable bonds is 10. The molecule has 1 atom stereocenters. The van der Waals surface area contributed by atoms with E-state index in [0.29, 0.717) is 6.61 Å². The van der Waals surface area contributed by atoms with Crippen LogP contribution < -0.4 is 9.47 Å². The summed E-state index contributed by atoms with van der Waals surface area (Å²) in [6.07, 6.45) is 7.56. The minimum Gasteiger partial charge on any atom is -0.496 e. The number of ether oxygens (including phenoxy) is 3. The molecule has 0 aliphatic rings. The molecule has 1 aromatic heterocycles. The Morgan fingerprint density at radius 3 is 2.28 bits per heavy atom. The molecule has 2 rings (SSSR count). The van der Waals surface area contributed by atoms with Crippen molar-refractivity contribution >= 4 is 5.97 Å². The quantitative estimate of drug-likeness (QED) is 0.402. The minimum atomic E-state index is -0.221. The smallest absolute Gasteiger partial charge is 0.302 e. The van der Waals surface area contributed by atoms with Crippen molar-refractivity contribution in [3.05, 3.63) is 52.3 Å². The third-order valence-corrected chi connectivity index (χ3v) is 5.52. The molecule has 5 nitrogen and oxygen atoms in total. The molecule has 0 aliphatic carbocycles. The van der Waals surface area contributed by atoms with E-state index < -0.39 is 0 Å². The van der Waals surface area contributed by atoms with Gasteiger partial charge < -0.3 is 14.2 Å². The molecule has 0 bridgehead atoms. The molecule has 0 N–H and O–H groups in total. The van der Waals surface area contributed by atoms with Crippen molar-refractivity contribution in [3.8, 4) is 11.5 Å². The van der Waals surface area contributed by atoms with Gasteiger partial charge in [-0.2, -0.15) is 0 Å². The van der Waals surface area contributed by atoms with Crippen LogP contribution in [0.3, 0.4) is 0 Å². The van der Waals surface area contributed by atoms with E-state index in [1.54, 1.807) is 20.4 Å². The molecule has 2 aromatic rings. The first-order valence-corrected chi connectivity index (χ1v) is 10.2. The molecule has 158 valence electrons. The highest BCUT2D eigenvalue weighted by Gasteiger charge is 2.26. The van der Waals surface area contributed by atoms with Crippen LogP contribution in [0.15, 0.2) is 24.5 Å². The van der Waals surface area contributed by atoms with Crippen molar-refractivity contribution in [1.82, 2.24) is 4.98 Å². The Labute approximate surface area is 174 Å². The van der Waals surface area contributed by atoms with E-state index in [0.717, 1.165) is 53.9 Å². The maximum absolute atomic E-state index is 10.9. The van der Waals surface area contributed by atoms with E-state index >= 15 is 0 Å². The van der Waals surface area contributed by atoms with Crippen LogP contribution in [0.25, 0.3) is 0 Å². The Bertz CT molecular complexity index is 818. The number of methoxy groups -OCH3 is 2. The number of hydrogen-bond acceptors (Lipinski definition) is 5. The van der Waals surface area contributed by atoms with Gasteiger partial charge in [0.15, 0.2) is 0 Å². The Balaban J connectivity index is 2.37. The summed E-state index contributed by atoms with van der Waals surface area (Å²) in [4.78, 5) is 15.3. The molecule has 0 amide bonds. The van der Waals surface area contributed by atoms with Crippen LogP contribution in [-0.4, -0.2) is 31.8 Å². The molecule has 29 heavy (non-hydrogen) atoms. The van der Waals surface area contributed by atoms with E-state index in [1.165, 1.54) is 18.1 Å². The van der Waals surface area contributed by atoms with Crippen LogP contribution in [0.1, 0.15) is 66.3 Å². The number of aromatic nitrogens is 1. The predicted octanol–water partition coefficient (Wildman–Crippen LogP) is 5.28. The second kappa shape index (κ2) is 10.8. The molecular weight excluding hydrogens is 366 g/mol. The van der Waals surface area contributed by atoms with Crippen LogP contribution in [0.4, 0.5) is 0 Å². The summed E-state index contributed by atoms with van der Waals surface area (Å²) < 4.78 is 16.7. The number of benzene rings is 1. The molecule has 0 fully saturated rings. The second-order valence-electron chi connectivity index (χ2n) is 7.38. The highest BCUT2D eigenvalue weighted by Crippen LogP contribution is 2.45. The highest BCUT2D eigenvalue weighted by atomic mass is 16.5. The van der Waals surface area contributed by atoms with Crippen molar-refractivity contribution in [2.45, 2.75) is 59.3 Å². The number of unbranched alkanes of at least 4 members (excludes halogenated alkanes) is 2. The number of esters is 1. The standard InChI is InChI=1S/C24H33NO4/c1-16-17(2)24(28-6)22(18(3)23(16)27-5)21(20-11-10-13-25-15-20)12-8-7-9-14-29-19(4)26/h10-11,13,15,21H,7-9,12,14H2,1-6H3. The molecule has 0 aliphatic heterocycles. The fraction of sp³-hybridized carbons (Fsp3) is 0.500. The lowest BCUT2D eigenvalue weighted by atomic mass is 9.82. The summed E-state index contributed by atoms with van der Waals surface area (Å²) in [6.45, 7) is 8.18. The minimum absolute atomic E-state index is 0.153. The number of hydrogen-bond donors (Lipinski definition) is 0. The van der Waals surface area contributed by atoms with Gasteiger partial charge in [0.2, 0.25) is 0 Å². The van der Waals surface area contributed by atoms with E-state index in [-0.39, 0.29) is 11.9 Å². The molecule has 1 aromatic carbocycles. The Hall–Kier alpha value is -2.56. The Morgan fingerprint density at radius 1 is 1.00 bits per heavy atom. The van der Waals surface area contributed by atoms with E-state index in [9.17, 15) is 4.79 Å². The molecule has 1 heterocycles. The first-order chi connectivity index (χ1) is 13.9. The highest BCUT2D eigenvalue weighted by molar-refractivity contribution is 5.65. The third kappa shape index (κ3) is 5.49. The third-order valence-electron chi connectivity index (χ3n) is 5.52. The average molecular weight is 400 g/mol. The maximum atomic E-state index is 10.9. The number of pyridine rings is 1. The van der Waals surface area contributed by atoms with Gasteiger partial charge in [0.05, 0.1) is 20.8 Å². The summed E-state index contributed by atoms with van der Waals surface area (Å²) >= 11 is 0. The largest absolute Gasteiger partial charge is 0.496 e. The molecule has 0 radical (unpaired) electrons. The average Bonchev–Trinajstić information content (AvgIpc) is 2.71. The van der Waals surface area contributed by atoms with Crippen LogP contribution in [0.2, 0.25) is 0 Å². The fourth-order valence-electron chi connectivity index (χ4n) is 4.01. The van der Waals surface area contributed by atoms with Gasteiger partial charge in [0.25, 0.3) is 0 Å². The van der Waals surface area contributed by atoms with Crippen molar-refractivity contribution < 1.29 is 19.0 Å². The normalized spacial score (nSPS) is 11.8. The fourth-order valence-corrected chi connectivity index (χ4v) is 4.01. The summed E-state index contributed by atoms with van der Waals surface area (Å²) in [7, 11) is 3.45. The van der Waals surface area contributed by atoms with Crippen LogP contribution in [0.5, 0.6) is 11.5 Å². The summed E-state index contributed by atoms with van der Waals surface area (Å²) in [6, 6.07) is 4.10. The predicted molar refractivity (Wildman–Crippen MR) is 115 cm³/mol. The number of carbonyl (C=O) groups excluding carboxylic acids is 1. The van der Waals surface area contributed by atoms with Gasteiger partial charge in [0, 0.05) is 30.8 Å². The lowest BCUT2D eigenvalue weighted by molar-refractivity contribution is -0.141. The SMILES string of the molecule is COc1c(C)c(C)c(OC)c(C(CCCCCOC(C)=O)c2cccnc2)c1C. The van der Waals surface area contributed by atoms with E-state index in [4.69, 9.17) is 14.2 Å². The van der Waals surface area contributed by atoms with Crippen LogP contribution >= 0.6 is 0 Å². The van der Waals surface area contributed by atoms with Gasteiger partial charge in [-0.05, 0) is 61.9 Å². The lowest BCUT2D eigenvalue weighted by Gasteiger charge is -2.26. The van der Waals surface area contributed by atoms with Gasteiger partial charge >= 0.3 is 5.97 Å². The van der Waals surface area contributed by atoms with Gasteiger partial charge in [-0.15, -0.1) is 0 Å². The van der Waals surface area contributed by atoms with Crippen LogP contribution in [0, 0.1) is 20.8 Å². The topological polar surface area (TPSA) is 57.7 Å². The first-order valence-electron chi connectivity index (χ1n) is 10.2. The second-order valence-corrected chi connectivity index (χ2v) is 7.38. The Morgan fingerprint density at radius 2 is 1.69 bits per heavy atom. The Kier molecular flexibility index (Phi) is 8.50. The molecular formula is C24H33NO4. The molecule has 1 unspecified atom stereocenters. The van der Waals surface area contributed by atoms with Gasteiger partial charge in [-0.25, -0.2) is 0 Å². The molecule has 0 saturated heterocycles. The van der Waals surface area contributed by atoms with Crippen LogP contribution in [-0.2, 0) is 9.53 Å². The van der Waals surface area contributed by atoms with Crippen molar-refractivity contribution in [1.29, 1.82) is 0 Å². The van der Waals surface area contributed by atoms with Gasteiger partial charge in [-0.1, -0.05) is 18.9 Å². The molecule has 0 saturated carbocycles. The zero-order chi connectivity index (χ0) is 21.4. The monoisotopic (exact) mass is 399 g/mol. The summed E-state index contributed by atoms with van der Waals surface area (Å²) in [5.74, 6) is 1.78. The van der Waals surface area contributed by atoms with E-state index in [2.05, 4.69) is 31.8 Å². The maximum Gasteiger partial charge on any atom is 0.302 e. The molecule has 5 heteroatoms. The first kappa shape index (κ1) is 22.7. The number of carbonyl (C=O) groups is 1. The van der Waals surface area contributed by atoms with E-state index in [1.807, 2.05) is 12.3 Å². The van der Waals surface area contributed by atoms with Crippen molar-refractivity contribution in [3.63, 3.8) is 0 Å². The summed E-state index contributed by atoms with van der Waals surface area (Å²) in [5, 5.41) is 0.